The van der Waals surface area contributed by atoms with Gasteiger partial charge >= 0.3 is 0 Å². The standard InChI is InChI=1S/C8H7NO/c1-7(10)9-8-5-3-2-4-6-8/h2-3,5-6H,1H3/p+1. The Morgan fingerprint density at radius 2 is 2.50 bits per heavy atom. The molecule has 1 aliphatic carbocycles. The largest absolute Gasteiger partial charge is 0.274 e. The molecule has 1 rings (SSSR count). The highest BCUT2D eigenvalue weighted by Gasteiger charge is 2.02. The molecule has 0 aromatic carbocycles. The van der Waals surface area contributed by atoms with Crippen molar-refractivity contribution in [3.8, 4) is 0 Å². The molecule has 2 nitrogen and oxygen atoms in total. The van der Waals surface area contributed by atoms with Gasteiger partial charge in [-0.3, -0.25) is 10.1 Å². The molecule has 1 N–H and O–H groups in total. The average Bonchev–Trinajstić information content (AvgIpc) is 1.88. The normalized spacial score (nSPS) is 13.9. The van der Waals surface area contributed by atoms with Gasteiger partial charge in [-0.15, -0.1) is 0 Å². The summed E-state index contributed by atoms with van der Waals surface area (Å²) in [6.45, 7) is 1.48. The molecule has 0 spiro atoms. The lowest BCUT2D eigenvalue weighted by Crippen LogP contribution is -2.17. The van der Waals surface area contributed by atoms with E-state index in [2.05, 4.69) is 11.4 Å². The van der Waals surface area contributed by atoms with Gasteiger partial charge in [-0.25, -0.2) is 0 Å². The number of carbonyl (C=O) groups excluding carboxylic acids is 1. The molecule has 50 valence electrons. The molecule has 0 aromatic heterocycles. The summed E-state index contributed by atoms with van der Waals surface area (Å²) in [6, 6.07) is 0. The quantitative estimate of drug-likeness (QED) is 0.531. The predicted molar refractivity (Wildman–Crippen MR) is 38.9 cm³/mol. The molecule has 0 atom stereocenters. The van der Waals surface area contributed by atoms with Gasteiger partial charge in [0.1, 0.15) is 12.2 Å². The van der Waals surface area contributed by atoms with Crippen LogP contribution in [0.4, 0.5) is 0 Å². The fraction of sp³-hybridized carbons (Fsp3) is 0.125. The molecule has 0 bridgehead atoms. The van der Waals surface area contributed by atoms with Gasteiger partial charge in [0.15, 0.2) is 5.70 Å². The van der Waals surface area contributed by atoms with Crippen LogP contribution in [-0.2, 0) is 4.79 Å². The van der Waals surface area contributed by atoms with Crippen LogP contribution in [0.3, 0.4) is 0 Å². The topological polar surface area (TPSA) is 29.1 Å². The van der Waals surface area contributed by atoms with Crippen LogP contribution in [0.2, 0.25) is 0 Å². The minimum Gasteiger partial charge on any atom is -0.274 e. The summed E-state index contributed by atoms with van der Waals surface area (Å²) in [5.41, 5.74) is 0.787. The van der Waals surface area contributed by atoms with Crippen LogP contribution in [0.25, 0.3) is 0 Å². The van der Waals surface area contributed by atoms with Crippen LogP contribution in [-0.4, -0.2) is 5.91 Å². The van der Waals surface area contributed by atoms with Crippen molar-refractivity contribution in [1.82, 2.24) is 5.32 Å². The van der Waals surface area contributed by atoms with E-state index >= 15 is 0 Å². The molecule has 10 heavy (non-hydrogen) atoms. The number of allylic oxidation sites excluding steroid dienone is 5. The van der Waals surface area contributed by atoms with E-state index in [9.17, 15) is 4.79 Å². The van der Waals surface area contributed by atoms with E-state index in [1.165, 1.54) is 6.92 Å². The minimum atomic E-state index is -0.0559. The van der Waals surface area contributed by atoms with Crippen LogP contribution < -0.4 is 5.32 Å². The number of hydrogen-bond acceptors (Lipinski definition) is 1. The van der Waals surface area contributed by atoms with Crippen LogP contribution in [0.5, 0.6) is 0 Å². The van der Waals surface area contributed by atoms with E-state index in [-0.39, 0.29) is 5.91 Å². The van der Waals surface area contributed by atoms with E-state index in [0.717, 1.165) is 5.70 Å². The molecule has 2 heteroatoms. The van der Waals surface area contributed by atoms with Gasteiger partial charge in [-0.1, -0.05) is 0 Å². The second-order valence-electron chi connectivity index (χ2n) is 1.97. The van der Waals surface area contributed by atoms with Crippen molar-refractivity contribution in [2.75, 3.05) is 0 Å². The van der Waals surface area contributed by atoms with Crippen molar-refractivity contribution in [2.24, 2.45) is 0 Å². The summed E-state index contributed by atoms with van der Waals surface area (Å²) in [6.07, 6.45) is 10.0. The first kappa shape index (κ1) is 6.72. The maximum absolute atomic E-state index is 10.5. The molecule has 0 saturated carbocycles. The molecular weight excluding hydrogens is 126 g/mol. The summed E-state index contributed by atoms with van der Waals surface area (Å²) >= 11 is 0. The van der Waals surface area contributed by atoms with Crippen LogP contribution in [0.15, 0.2) is 30.0 Å². The van der Waals surface area contributed by atoms with Gasteiger partial charge in [0.2, 0.25) is 5.91 Å². The first-order valence-electron chi connectivity index (χ1n) is 3.03. The van der Waals surface area contributed by atoms with Gasteiger partial charge in [-0.2, -0.15) is 0 Å². The molecule has 1 aliphatic rings. The average molecular weight is 134 g/mol. The number of rotatable bonds is 1. The monoisotopic (exact) mass is 134 g/mol. The number of carbonyl (C=O) groups is 1. The van der Waals surface area contributed by atoms with E-state index in [1.54, 1.807) is 12.2 Å². The molecule has 0 fully saturated rings. The number of nitrogens with one attached hydrogen (secondary N) is 1. The van der Waals surface area contributed by atoms with Crippen molar-refractivity contribution < 1.29 is 4.79 Å². The SMILES string of the molecule is CC(=O)NC1=CC=C[C+]=C1. The molecule has 1 amide bonds. The highest BCUT2D eigenvalue weighted by atomic mass is 16.1. The summed E-state index contributed by atoms with van der Waals surface area (Å²) in [7, 11) is 0. The Hall–Kier alpha value is -1.40. The molecule has 0 radical (unpaired) electrons. The highest BCUT2D eigenvalue weighted by molar-refractivity contribution is 5.75. The minimum absolute atomic E-state index is 0.0559. The Morgan fingerprint density at radius 1 is 1.70 bits per heavy atom. The van der Waals surface area contributed by atoms with Crippen molar-refractivity contribution >= 4 is 5.91 Å². The van der Waals surface area contributed by atoms with Crippen molar-refractivity contribution in [1.29, 1.82) is 0 Å². The van der Waals surface area contributed by atoms with Gasteiger partial charge in [0.25, 0.3) is 0 Å². The van der Waals surface area contributed by atoms with Gasteiger partial charge in [-0.05, 0) is 0 Å². The van der Waals surface area contributed by atoms with Crippen LogP contribution >= 0.6 is 0 Å². The lowest BCUT2D eigenvalue weighted by molar-refractivity contribution is -0.118. The Bertz CT molecular complexity index is 223. The first-order chi connectivity index (χ1) is 4.79. The fourth-order valence-corrected chi connectivity index (χ4v) is 0.674. The Labute approximate surface area is 59.9 Å². The van der Waals surface area contributed by atoms with Gasteiger partial charge in [0.05, 0.1) is 6.08 Å². The zero-order chi connectivity index (χ0) is 7.40. The van der Waals surface area contributed by atoms with E-state index in [0.29, 0.717) is 0 Å². The van der Waals surface area contributed by atoms with Crippen molar-refractivity contribution in [3.63, 3.8) is 0 Å². The highest BCUT2D eigenvalue weighted by Crippen LogP contribution is 1.97. The van der Waals surface area contributed by atoms with Crippen LogP contribution in [0.1, 0.15) is 6.92 Å². The smallest absolute Gasteiger partial charge is 0.233 e. The molecular formula is C8H8NO+. The first-order valence-corrected chi connectivity index (χ1v) is 3.03. The second-order valence-corrected chi connectivity index (χ2v) is 1.97. The molecule has 0 aliphatic heterocycles. The third-order valence-electron chi connectivity index (χ3n) is 1.03. The van der Waals surface area contributed by atoms with Gasteiger partial charge in [0, 0.05) is 19.1 Å². The molecule has 0 saturated heterocycles. The molecule has 0 heterocycles. The number of amides is 1. The fourth-order valence-electron chi connectivity index (χ4n) is 0.674. The summed E-state index contributed by atoms with van der Waals surface area (Å²) in [5, 5.41) is 2.63. The third-order valence-corrected chi connectivity index (χ3v) is 1.03. The molecule has 0 unspecified atom stereocenters. The van der Waals surface area contributed by atoms with Gasteiger partial charge < -0.3 is 0 Å². The van der Waals surface area contributed by atoms with Crippen molar-refractivity contribution in [3.05, 3.63) is 36.1 Å². The molecule has 0 aromatic rings. The van der Waals surface area contributed by atoms with E-state index in [4.69, 9.17) is 0 Å². The van der Waals surface area contributed by atoms with Crippen molar-refractivity contribution in [2.45, 2.75) is 6.92 Å². The second kappa shape index (κ2) is 2.95. The summed E-state index contributed by atoms with van der Waals surface area (Å²) in [4.78, 5) is 10.5. The summed E-state index contributed by atoms with van der Waals surface area (Å²) in [5.74, 6) is -0.0559. The van der Waals surface area contributed by atoms with E-state index < -0.39 is 0 Å². The Kier molecular flexibility index (Phi) is 1.98. The Morgan fingerprint density at radius 3 is 3.00 bits per heavy atom. The Balaban J connectivity index is 2.58. The predicted octanol–water partition coefficient (Wildman–Crippen LogP) is 0.936. The lowest BCUT2D eigenvalue weighted by Gasteiger charge is -1.93. The third kappa shape index (κ3) is 1.84. The van der Waals surface area contributed by atoms with Crippen LogP contribution in [0, 0.1) is 6.08 Å². The number of hydrogen-bond donors (Lipinski definition) is 1. The maximum Gasteiger partial charge on any atom is 0.233 e. The maximum atomic E-state index is 10.5. The summed E-state index contributed by atoms with van der Waals surface area (Å²) < 4.78 is 0. The zero-order valence-corrected chi connectivity index (χ0v) is 5.72. The lowest BCUT2D eigenvalue weighted by atomic mass is 10.2. The zero-order valence-electron chi connectivity index (χ0n) is 5.72. The van der Waals surface area contributed by atoms with E-state index in [1.807, 2.05) is 12.2 Å².